The highest BCUT2D eigenvalue weighted by Gasteiger charge is 1.87. The van der Waals surface area contributed by atoms with Crippen molar-refractivity contribution in [2.24, 2.45) is 0 Å². The van der Waals surface area contributed by atoms with Crippen LogP contribution in [0.5, 0.6) is 0 Å². The van der Waals surface area contributed by atoms with E-state index in [2.05, 4.69) is 6.58 Å². The summed E-state index contributed by atoms with van der Waals surface area (Å²) in [4.78, 5) is 0. The van der Waals surface area contributed by atoms with E-state index < -0.39 is 0 Å². The van der Waals surface area contributed by atoms with Crippen molar-refractivity contribution in [3.05, 3.63) is 12.7 Å². The van der Waals surface area contributed by atoms with Gasteiger partial charge in [0.2, 0.25) is 0 Å². The lowest BCUT2D eigenvalue weighted by atomic mass is 10.4. The topological polar surface area (TPSA) is 9.23 Å². The lowest BCUT2D eigenvalue weighted by molar-refractivity contribution is 0.0826. The fraction of sp³-hybridized carbons (Fsp3) is 0.714. The van der Waals surface area contributed by atoms with Crippen molar-refractivity contribution in [1.82, 2.24) is 0 Å². The zero-order valence-electron chi connectivity index (χ0n) is 5.68. The monoisotopic (exact) mass is 114 g/mol. The van der Waals surface area contributed by atoms with Gasteiger partial charge >= 0.3 is 0 Å². The van der Waals surface area contributed by atoms with Gasteiger partial charge in [-0.05, 0) is 20.3 Å². The Labute approximate surface area is 51.4 Å². The van der Waals surface area contributed by atoms with Gasteiger partial charge in [-0.25, -0.2) is 0 Å². The van der Waals surface area contributed by atoms with E-state index in [1.54, 1.807) is 0 Å². The van der Waals surface area contributed by atoms with Crippen LogP contribution in [0, 0.1) is 0 Å². The highest BCUT2D eigenvalue weighted by molar-refractivity contribution is 4.64. The van der Waals surface area contributed by atoms with Gasteiger partial charge in [-0.2, -0.15) is 0 Å². The first kappa shape index (κ1) is 7.70. The van der Waals surface area contributed by atoms with Crippen LogP contribution in [-0.4, -0.2) is 12.7 Å². The van der Waals surface area contributed by atoms with Crippen molar-refractivity contribution >= 4 is 0 Å². The number of ether oxygens (including phenoxy) is 1. The molecule has 48 valence electrons. The summed E-state index contributed by atoms with van der Waals surface area (Å²) in [6.45, 7) is 8.45. The summed E-state index contributed by atoms with van der Waals surface area (Å²) in [7, 11) is 0. The van der Waals surface area contributed by atoms with E-state index in [-0.39, 0.29) is 0 Å². The van der Waals surface area contributed by atoms with Crippen LogP contribution in [0.2, 0.25) is 0 Å². The van der Waals surface area contributed by atoms with Gasteiger partial charge in [0.05, 0.1) is 12.7 Å². The zero-order valence-corrected chi connectivity index (χ0v) is 5.68. The highest BCUT2D eigenvalue weighted by Crippen LogP contribution is 1.89. The van der Waals surface area contributed by atoms with Crippen LogP contribution < -0.4 is 0 Å². The molecule has 0 aromatic carbocycles. The molecule has 0 rings (SSSR count). The molecular formula is C7H14O. The van der Waals surface area contributed by atoms with E-state index in [0.717, 1.165) is 13.0 Å². The predicted octanol–water partition coefficient (Wildman–Crippen LogP) is 1.99. The summed E-state index contributed by atoms with van der Waals surface area (Å²) in [5, 5.41) is 0. The second-order valence-electron chi connectivity index (χ2n) is 2.00. The molecule has 0 aliphatic heterocycles. The number of rotatable bonds is 4. The Morgan fingerprint density at radius 3 is 2.62 bits per heavy atom. The lowest BCUT2D eigenvalue weighted by Crippen LogP contribution is -2.02. The highest BCUT2D eigenvalue weighted by atomic mass is 16.5. The number of hydrogen-bond acceptors (Lipinski definition) is 1. The summed E-state index contributed by atoms with van der Waals surface area (Å²) < 4.78 is 5.21. The van der Waals surface area contributed by atoms with Gasteiger partial charge in [0, 0.05) is 0 Å². The number of hydrogen-bond donors (Lipinski definition) is 0. The van der Waals surface area contributed by atoms with Crippen LogP contribution in [0.25, 0.3) is 0 Å². The Bertz CT molecular complexity index is 57.4. The van der Waals surface area contributed by atoms with Gasteiger partial charge in [-0.3, -0.25) is 0 Å². The van der Waals surface area contributed by atoms with Crippen LogP contribution in [-0.2, 0) is 4.74 Å². The lowest BCUT2D eigenvalue weighted by Gasteiger charge is -2.03. The van der Waals surface area contributed by atoms with E-state index in [1.165, 1.54) is 0 Å². The maximum Gasteiger partial charge on any atom is 0.0519 e. The Morgan fingerprint density at radius 2 is 2.25 bits per heavy atom. The third-order valence-corrected chi connectivity index (χ3v) is 0.773. The maximum absolute atomic E-state index is 5.21. The molecule has 0 aromatic heterocycles. The summed E-state index contributed by atoms with van der Waals surface area (Å²) in [5.41, 5.74) is 0. The molecule has 0 atom stereocenters. The molecule has 8 heavy (non-hydrogen) atoms. The molecule has 0 fully saturated rings. The third kappa shape index (κ3) is 5.70. The second-order valence-corrected chi connectivity index (χ2v) is 2.00. The SMILES string of the molecule is C=CCCOC(C)C. The van der Waals surface area contributed by atoms with E-state index in [4.69, 9.17) is 4.74 Å². The first-order valence-electron chi connectivity index (χ1n) is 3.00. The Morgan fingerprint density at radius 1 is 1.62 bits per heavy atom. The molecule has 0 bridgehead atoms. The molecule has 0 saturated heterocycles. The van der Waals surface area contributed by atoms with Crippen LogP contribution in [0.15, 0.2) is 12.7 Å². The van der Waals surface area contributed by atoms with Gasteiger partial charge in [0.1, 0.15) is 0 Å². The Hall–Kier alpha value is -0.300. The molecule has 0 N–H and O–H groups in total. The predicted molar refractivity (Wildman–Crippen MR) is 35.9 cm³/mol. The quantitative estimate of drug-likeness (QED) is 0.401. The molecule has 0 spiro atoms. The van der Waals surface area contributed by atoms with Crippen molar-refractivity contribution in [3.63, 3.8) is 0 Å². The first-order valence-corrected chi connectivity index (χ1v) is 3.00. The van der Waals surface area contributed by atoms with Crippen LogP contribution in [0.1, 0.15) is 20.3 Å². The van der Waals surface area contributed by atoms with Crippen LogP contribution in [0.3, 0.4) is 0 Å². The average molecular weight is 114 g/mol. The minimum Gasteiger partial charge on any atom is -0.378 e. The molecule has 0 aliphatic carbocycles. The van der Waals surface area contributed by atoms with Crippen molar-refractivity contribution in [2.45, 2.75) is 26.4 Å². The smallest absolute Gasteiger partial charge is 0.0519 e. The van der Waals surface area contributed by atoms with Crippen molar-refractivity contribution in [3.8, 4) is 0 Å². The molecule has 0 aliphatic rings. The fourth-order valence-corrected chi connectivity index (χ4v) is 0.387. The standard InChI is InChI=1S/C7H14O/c1-4-5-6-8-7(2)3/h4,7H,1,5-6H2,2-3H3. The molecule has 1 heteroatoms. The van der Waals surface area contributed by atoms with Gasteiger partial charge < -0.3 is 4.74 Å². The Kier molecular flexibility index (Phi) is 4.67. The average Bonchev–Trinajstić information content (AvgIpc) is 1.66. The summed E-state index contributed by atoms with van der Waals surface area (Å²) in [6.07, 6.45) is 3.18. The van der Waals surface area contributed by atoms with Crippen molar-refractivity contribution < 1.29 is 4.74 Å². The van der Waals surface area contributed by atoms with Gasteiger partial charge in [-0.1, -0.05) is 6.08 Å². The Balaban J connectivity index is 2.81. The molecule has 0 radical (unpaired) electrons. The molecule has 0 heterocycles. The van der Waals surface area contributed by atoms with Crippen molar-refractivity contribution in [2.75, 3.05) is 6.61 Å². The van der Waals surface area contributed by atoms with E-state index >= 15 is 0 Å². The molecular weight excluding hydrogens is 100 g/mol. The first-order chi connectivity index (χ1) is 3.77. The van der Waals surface area contributed by atoms with Crippen LogP contribution >= 0.6 is 0 Å². The minimum absolute atomic E-state index is 0.356. The van der Waals surface area contributed by atoms with E-state index in [0.29, 0.717) is 6.10 Å². The summed E-state index contributed by atoms with van der Waals surface area (Å²) in [5.74, 6) is 0. The molecule has 1 nitrogen and oxygen atoms in total. The zero-order chi connectivity index (χ0) is 6.41. The second kappa shape index (κ2) is 4.85. The summed E-state index contributed by atoms with van der Waals surface area (Å²) >= 11 is 0. The van der Waals surface area contributed by atoms with E-state index in [9.17, 15) is 0 Å². The van der Waals surface area contributed by atoms with Crippen LogP contribution in [0.4, 0.5) is 0 Å². The van der Waals surface area contributed by atoms with E-state index in [1.807, 2.05) is 19.9 Å². The fourth-order valence-electron chi connectivity index (χ4n) is 0.387. The normalized spacial score (nSPS) is 9.88. The largest absolute Gasteiger partial charge is 0.378 e. The van der Waals surface area contributed by atoms with Gasteiger partial charge in [-0.15, -0.1) is 6.58 Å². The molecule has 0 aromatic rings. The molecule has 0 amide bonds. The summed E-state index contributed by atoms with van der Waals surface area (Å²) in [6, 6.07) is 0. The third-order valence-electron chi connectivity index (χ3n) is 0.773. The molecule has 0 unspecified atom stereocenters. The minimum atomic E-state index is 0.356. The maximum atomic E-state index is 5.21. The van der Waals surface area contributed by atoms with Crippen molar-refractivity contribution in [1.29, 1.82) is 0 Å². The van der Waals surface area contributed by atoms with Gasteiger partial charge in [0.15, 0.2) is 0 Å². The van der Waals surface area contributed by atoms with Gasteiger partial charge in [0.25, 0.3) is 0 Å². The molecule has 0 saturated carbocycles.